The fourth-order valence-corrected chi connectivity index (χ4v) is 4.76. The van der Waals surface area contributed by atoms with E-state index in [1.807, 2.05) is 23.5 Å². The number of nitrogens with two attached hydrogens (primary N) is 1. The highest BCUT2D eigenvalue weighted by Gasteiger charge is 2.30. The van der Waals surface area contributed by atoms with Crippen LogP contribution in [-0.2, 0) is 7.05 Å². The summed E-state index contributed by atoms with van der Waals surface area (Å²) in [6, 6.07) is 2.20. The van der Waals surface area contributed by atoms with Crippen molar-refractivity contribution in [2.75, 3.05) is 6.54 Å². The molecule has 3 atom stereocenters. The normalized spacial score (nSPS) is 27.7. The number of aromatic nitrogens is 2. The third kappa shape index (κ3) is 3.76. The second kappa shape index (κ2) is 6.80. The Bertz CT molecular complexity index is 402. The smallest absolute Gasteiger partial charge is 0.0942 e. The molecular weight excluding hydrogens is 254 g/mol. The Morgan fingerprint density at radius 3 is 2.84 bits per heavy atom. The van der Waals surface area contributed by atoms with Gasteiger partial charge >= 0.3 is 0 Å². The molecule has 1 aromatic rings. The Morgan fingerprint density at radius 1 is 1.47 bits per heavy atom. The summed E-state index contributed by atoms with van der Waals surface area (Å²) in [6.45, 7) is 5.18. The van der Waals surface area contributed by atoms with E-state index >= 15 is 0 Å². The molecular formula is C15H27N3S. The SMILES string of the molecule is CCCC1CCC(CN)C(Sc2cc(C)nn2C)C1. The highest BCUT2D eigenvalue weighted by Crippen LogP contribution is 2.40. The van der Waals surface area contributed by atoms with Gasteiger partial charge in [0.15, 0.2) is 0 Å². The van der Waals surface area contributed by atoms with E-state index in [4.69, 9.17) is 5.73 Å². The van der Waals surface area contributed by atoms with Crippen LogP contribution in [0.25, 0.3) is 0 Å². The lowest BCUT2D eigenvalue weighted by Crippen LogP contribution is -2.32. The lowest BCUT2D eigenvalue weighted by molar-refractivity contribution is 0.275. The predicted molar refractivity (Wildman–Crippen MR) is 82.4 cm³/mol. The first-order valence-corrected chi connectivity index (χ1v) is 8.39. The first-order chi connectivity index (χ1) is 9.13. The van der Waals surface area contributed by atoms with Crippen LogP contribution >= 0.6 is 11.8 Å². The van der Waals surface area contributed by atoms with Crippen molar-refractivity contribution in [2.24, 2.45) is 24.6 Å². The summed E-state index contributed by atoms with van der Waals surface area (Å²) >= 11 is 1.99. The van der Waals surface area contributed by atoms with Crippen molar-refractivity contribution < 1.29 is 0 Å². The van der Waals surface area contributed by atoms with Crippen molar-refractivity contribution in [2.45, 2.75) is 56.2 Å². The first-order valence-electron chi connectivity index (χ1n) is 7.51. The Balaban J connectivity index is 2.03. The number of rotatable bonds is 5. The van der Waals surface area contributed by atoms with Crippen molar-refractivity contribution in [3.05, 3.63) is 11.8 Å². The molecule has 0 amide bonds. The zero-order valence-electron chi connectivity index (χ0n) is 12.4. The maximum atomic E-state index is 5.97. The van der Waals surface area contributed by atoms with Gasteiger partial charge in [-0.25, -0.2) is 0 Å². The molecule has 1 aliphatic rings. The molecule has 108 valence electrons. The minimum absolute atomic E-state index is 0.671. The van der Waals surface area contributed by atoms with Crippen LogP contribution in [0.2, 0.25) is 0 Å². The minimum Gasteiger partial charge on any atom is -0.330 e. The van der Waals surface area contributed by atoms with E-state index in [0.717, 1.165) is 18.2 Å². The Kier molecular flexibility index (Phi) is 5.34. The molecule has 0 saturated heterocycles. The first kappa shape index (κ1) is 14.9. The van der Waals surface area contributed by atoms with E-state index in [0.29, 0.717) is 11.2 Å². The fourth-order valence-electron chi connectivity index (χ4n) is 3.21. The van der Waals surface area contributed by atoms with Gasteiger partial charge in [-0.1, -0.05) is 26.2 Å². The largest absolute Gasteiger partial charge is 0.330 e. The van der Waals surface area contributed by atoms with E-state index in [-0.39, 0.29) is 0 Å². The summed E-state index contributed by atoms with van der Waals surface area (Å²) in [5.41, 5.74) is 7.08. The molecule has 19 heavy (non-hydrogen) atoms. The molecule has 1 fully saturated rings. The number of thioether (sulfide) groups is 1. The molecule has 1 aliphatic carbocycles. The number of hydrogen-bond donors (Lipinski definition) is 1. The van der Waals surface area contributed by atoms with Crippen LogP contribution < -0.4 is 5.73 Å². The van der Waals surface area contributed by atoms with Crippen LogP contribution in [0.4, 0.5) is 0 Å². The Morgan fingerprint density at radius 2 is 2.26 bits per heavy atom. The van der Waals surface area contributed by atoms with Gasteiger partial charge in [0.05, 0.1) is 10.7 Å². The molecule has 1 saturated carbocycles. The Labute approximate surface area is 121 Å². The summed E-state index contributed by atoms with van der Waals surface area (Å²) in [4.78, 5) is 0. The summed E-state index contributed by atoms with van der Waals surface area (Å²) < 4.78 is 2.01. The topological polar surface area (TPSA) is 43.8 Å². The molecule has 2 N–H and O–H groups in total. The van der Waals surface area contributed by atoms with Crippen molar-refractivity contribution in [1.29, 1.82) is 0 Å². The van der Waals surface area contributed by atoms with Crippen LogP contribution in [0, 0.1) is 18.8 Å². The molecule has 0 aromatic carbocycles. The summed E-state index contributed by atoms with van der Waals surface area (Å²) in [6.07, 6.45) is 6.68. The van der Waals surface area contributed by atoms with Crippen molar-refractivity contribution in [1.82, 2.24) is 9.78 Å². The zero-order chi connectivity index (χ0) is 13.8. The van der Waals surface area contributed by atoms with Gasteiger partial charge in [-0.05, 0) is 44.2 Å². The van der Waals surface area contributed by atoms with Crippen molar-refractivity contribution in [3.63, 3.8) is 0 Å². The molecule has 0 spiro atoms. The van der Waals surface area contributed by atoms with Gasteiger partial charge in [-0.2, -0.15) is 5.10 Å². The second-order valence-corrected chi connectivity index (χ2v) is 7.13. The van der Waals surface area contributed by atoms with Crippen molar-refractivity contribution >= 4 is 11.8 Å². The summed E-state index contributed by atoms with van der Waals surface area (Å²) in [5, 5.41) is 6.41. The summed E-state index contributed by atoms with van der Waals surface area (Å²) in [5.74, 6) is 1.58. The maximum absolute atomic E-state index is 5.97. The van der Waals surface area contributed by atoms with Crippen LogP contribution in [0.1, 0.15) is 44.7 Å². The summed E-state index contributed by atoms with van der Waals surface area (Å²) in [7, 11) is 2.04. The highest BCUT2D eigenvalue weighted by molar-refractivity contribution is 7.99. The van der Waals surface area contributed by atoms with Gasteiger partial charge in [0, 0.05) is 12.3 Å². The van der Waals surface area contributed by atoms with E-state index in [2.05, 4.69) is 25.0 Å². The molecule has 3 nitrogen and oxygen atoms in total. The number of hydrogen-bond acceptors (Lipinski definition) is 3. The van der Waals surface area contributed by atoms with Gasteiger partial charge in [0.2, 0.25) is 0 Å². The van der Waals surface area contributed by atoms with Gasteiger partial charge in [0.25, 0.3) is 0 Å². The van der Waals surface area contributed by atoms with Crippen LogP contribution in [0.15, 0.2) is 11.1 Å². The lowest BCUT2D eigenvalue weighted by atomic mass is 9.80. The Hall–Kier alpha value is -0.480. The van der Waals surface area contributed by atoms with E-state index < -0.39 is 0 Å². The third-order valence-corrected chi connectivity index (χ3v) is 5.77. The molecule has 0 aliphatic heterocycles. The van der Waals surface area contributed by atoms with Gasteiger partial charge < -0.3 is 5.73 Å². The molecule has 3 unspecified atom stereocenters. The van der Waals surface area contributed by atoms with Crippen LogP contribution in [0.3, 0.4) is 0 Å². The average Bonchev–Trinajstić information content (AvgIpc) is 2.69. The lowest BCUT2D eigenvalue weighted by Gasteiger charge is -2.35. The van der Waals surface area contributed by atoms with E-state index in [9.17, 15) is 0 Å². The number of nitrogens with zero attached hydrogens (tertiary/aromatic N) is 2. The molecule has 1 heterocycles. The zero-order valence-corrected chi connectivity index (χ0v) is 13.2. The third-order valence-electron chi connectivity index (χ3n) is 4.27. The molecule has 4 heteroatoms. The van der Waals surface area contributed by atoms with E-state index in [1.54, 1.807) is 0 Å². The van der Waals surface area contributed by atoms with Gasteiger partial charge in [-0.3, -0.25) is 4.68 Å². The molecule has 0 radical (unpaired) electrons. The average molecular weight is 281 g/mol. The number of aryl methyl sites for hydroxylation is 2. The quantitative estimate of drug-likeness (QED) is 0.900. The maximum Gasteiger partial charge on any atom is 0.0942 e. The highest BCUT2D eigenvalue weighted by atomic mass is 32.2. The van der Waals surface area contributed by atoms with E-state index in [1.165, 1.54) is 37.1 Å². The van der Waals surface area contributed by atoms with Gasteiger partial charge in [0.1, 0.15) is 0 Å². The van der Waals surface area contributed by atoms with Crippen LogP contribution in [-0.4, -0.2) is 21.6 Å². The standard InChI is InChI=1S/C15H27N3S/c1-4-5-12-6-7-13(10-16)14(9-12)19-15-8-11(2)17-18(15)3/h8,12-14H,4-7,9-10,16H2,1-3H3. The predicted octanol–water partition coefficient (Wildman–Crippen LogP) is 3.36. The fraction of sp³-hybridized carbons (Fsp3) is 0.800. The molecule has 2 rings (SSSR count). The monoisotopic (exact) mass is 281 g/mol. The van der Waals surface area contributed by atoms with Gasteiger partial charge in [-0.15, -0.1) is 11.8 Å². The van der Waals surface area contributed by atoms with Crippen molar-refractivity contribution in [3.8, 4) is 0 Å². The second-order valence-electron chi connectivity index (χ2n) is 5.87. The van der Waals surface area contributed by atoms with Crippen LogP contribution in [0.5, 0.6) is 0 Å². The minimum atomic E-state index is 0.671. The molecule has 0 bridgehead atoms. The molecule has 1 aromatic heterocycles.